The molecule has 2 aromatic heterocycles. The summed E-state index contributed by atoms with van der Waals surface area (Å²) in [5.74, 6) is 1.24. The van der Waals surface area contributed by atoms with E-state index in [1.54, 1.807) is 16.8 Å². The standard InChI is InChI=1S/C13H18N4O2/c1-9(2)7-10(12-14-8-15-17(12)3)16-13(18)11-5-4-6-19-11/h4-6,8-10H,7H2,1-3H3,(H,16,18). The summed E-state index contributed by atoms with van der Waals surface area (Å²) in [5.41, 5.74) is 0. The van der Waals surface area contributed by atoms with Crippen molar-refractivity contribution < 1.29 is 9.21 Å². The van der Waals surface area contributed by atoms with Crippen molar-refractivity contribution in [3.05, 3.63) is 36.3 Å². The van der Waals surface area contributed by atoms with Gasteiger partial charge in [-0.05, 0) is 24.5 Å². The van der Waals surface area contributed by atoms with Crippen LogP contribution >= 0.6 is 0 Å². The molecule has 0 saturated carbocycles. The molecular weight excluding hydrogens is 244 g/mol. The second-order valence-corrected chi connectivity index (χ2v) is 4.87. The van der Waals surface area contributed by atoms with Gasteiger partial charge in [-0.25, -0.2) is 4.98 Å². The number of furan rings is 1. The fourth-order valence-corrected chi connectivity index (χ4v) is 1.96. The molecule has 6 nitrogen and oxygen atoms in total. The summed E-state index contributed by atoms with van der Waals surface area (Å²) in [6.07, 6.45) is 3.76. The molecule has 2 heterocycles. The molecule has 0 aliphatic carbocycles. The molecule has 2 rings (SSSR count). The number of nitrogens with one attached hydrogen (secondary N) is 1. The van der Waals surface area contributed by atoms with Crippen LogP contribution in [0.15, 0.2) is 29.1 Å². The summed E-state index contributed by atoms with van der Waals surface area (Å²) in [4.78, 5) is 16.3. The number of amides is 1. The first kappa shape index (κ1) is 13.3. The predicted octanol–water partition coefficient (Wildman–Crippen LogP) is 1.93. The molecule has 1 unspecified atom stereocenters. The molecular formula is C13H18N4O2. The highest BCUT2D eigenvalue weighted by Crippen LogP contribution is 2.19. The summed E-state index contributed by atoms with van der Waals surface area (Å²) in [5, 5.41) is 6.98. The molecule has 0 bridgehead atoms. The van der Waals surface area contributed by atoms with Crippen LogP contribution in [0.3, 0.4) is 0 Å². The first-order chi connectivity index (χ1) is 9.08. The molecule has 19 heavy (non-hydrogen) atoms. The van der Waals surface area contributed by atoms with Crippen molar-refractivity contribution in [1.29, 1.82) is 0 Å². The minimum Gasteiger partial charge on any atom is -0.459 e. The van der Waals surface area contributed by atoms with Crippen LogP contribution in [-0.2, 0) is 7.05 Å². The quantitative estimate of drug-likeness (QED) is 0.893. The third kappa shape index (κ3) is 3.21. The number of aryl methyl sites for hydroxylation is 1. The van der Waals surface area contributed by atoms with Crippen LogP contribution in [0.1, 0.15) is 42.7 Å². The Morgan fingerprint density at radius 2 is 2.32 bits per heavy atom. The molecule has 0 aromatic carbocycles. The maximum absolute atomic E-state index is 12.0. The van der Waals surface area contributed by atoms with Gasteiger partial charge in [0.25, 0.3) is 5.91 Å². The van der Waals surface area contributed by atoms with Gasteiger partial charge in [0, 0.05) is 7.05 Å². The molecule has 1 atom stereocenters. The average Bonchev–Trinajstić information content (AvgIpc) is 2.97. The zero-order valence-electron chi connectivity index (χ0n) is 11.3. The number of rotatable bonds is 5. The van der Waals surface area contributed by atoms with E-state index < -0.39 is 0 Å². The van der Waals surface area contributed by atoms with Gasteiger partial charge in [0.2, 0.25) is 0 Å². The summed E-state index contributed by atoms with van der Waals surface area (Å²) >= 11 is 0. The lowest BCUT2D eigenvalue weighted by Gasteiger charge is -2.19. The number of nitrogens with zero attached hydrogens (tertiary/aromatic N) is 3. The van der Waals surface area contributed by atoms with Crippen LogP contribution < -0.4 is 5.32 Å². The number of carbonyl (C=O) groups excluding carboxylic acids is 1. The van der Waals surface area contributed by atoms with Crippen molar-refractivity contribution >= 4 is 5.91 Å². The van der Waals surface area contributed by atoms with Gasteiger partial charge in [0.1, 0.15) is 12.2 Å². The Hall–Kier alpha value is -2.11. The lowest BCUT2D eigenvalue weighted by atomic mass is 10.0. The third-order valence-electron chi connectivity index (χ3n) is 2.82. The van der Waals surface area contributed by atoms with Crippen molar-refractivity contribution in [3.8, 4) is 0 Å². The summed E-state index contributed by atoms with van der Waals surface area (Å²) in [6.45, 7) is 4.20. The highest BCUT2D eigenvalue weighted by atomic mass is 16.3. The Morgan fingerprint density at radius 1 is 1.53 bits per heavy atom. The van der Waals surface area contributed by atoms with Crippen molar-refractivity contribution in [2.24, 2.45) is 13.0 Å². The SMILES string of the molecule is CC(C)CC(NC(=O)c1ccco1)c1ncnn1C. The molecule has 1 N–H and O–H groups in total. The first-order valence-corrected chi connectivity index (χ1v) is 6.26. The van der Waals surface area contributed by atoms with Crippen LogP contribution in [0, 0.1) is 5.92 Å². The van der Waals surface area contributed by atoms with Crippen LogP contribution in [0.5, 0.6) is 0 Å². The van der Waals surface area contributed by atoms with Crippen LogP contribution in [-0.4, -0.2) is 20.7 Å². The molecule has 1 amide bonds. The Bertz CT molecular complexity index is 531. The second-order valence-electron chi connectivity index (χ2n) is 4.87. The Kier molecular flexibility index (Phi) is 3.99. The van der Waals surface area contributed by atoms with E-state index in [4.69, 9.17) is 4.42 Å². The highest BCUT2D eigenvalue weighted by molar-refractivity contribution is 5.91. The molecule has 0 radical (unpaired) electrons. The monoisotopic (exact) mass is 262 g/mol. The van der Waals surface area contributed by atoms with Gasteiger partial charge in [0.05, 0.1) is 12.3 Å². The van der Waals surface area contributed by atoms with Crippen molar-refractivity contribution in [2.75, 3.05) is 0 Å². The first-order valence-electron chi connectivity index (χ1n) is 6.26. The summed E-state index contributed by atoms with van der Waals surface area (Å²) < 4.78 is 6.77. The van der Waals surface area contributed by atoms with Gasteiger partial charge in [-0.15, -0.1) is 0 Å². The zero-order valence-corrected chi connectivity index (χ0v) is 11.3. The lowest BCUT2D eigenvalue weighted by Crippen LogP contribution is -2.31. The van der Waals surface area contributed by atoms with E-state index in [0.717, 1.165) is 12.2 Å². The molecule has 0 aliphatic heterocycles. The smallest absolute Gasteiger partial charge is 0.287 e. The fraction of sp³-hybridized carbons (Fsp3) is 0.462. The number of carbonyl (C=O) groups is 1. The summed E-state index contributed by atoms with van der Waals surface area (Å²) in [6, 6.07) is 3.15. The zero-order chi connectivity index (χ0) is 13.8. The van der Waals surface area contributed by atoms with Crippen molar-refractivity contribution in [2.45, 2.75) is 26.3 Å². The molecule has 102 valence electrons. The predicted molar refractivity (Wildman–Crippen MR) is 69.4 cm³/mol. The molecule has 0 saturated heterocycles. The Balaban J connectivity index is 2.15. The van der Waals surface area contributed by atoms with Crippen LogP contribution in [0.25, 0.3) is 0 Å². The Morgan fingerprint density at radius 3 is 2.84 bits per heavy atom. The van der Waals surface area contributed by atoms with Gasteiger partial charge in [-0.1, -0.05) is 13.8 Å². The lowest BCUT2D eigenvalue weighted by molar-refractivity contribution is 0.0901. The number of hydrogen-bond donors (Lipinski definition) is 1. The number of hydrogen-bond acceptors (Lipinski definition) is 4. The molecule has 0 spiro atoms. The van der Waals surface area contributed by atoms with Gasteiger partial charge < -0.3 is 9.73 Å². The van der Waals surface area contributed by atoms with Gasteiger partial charge >= 0.3 is 0 Å². The average molecular weight is 262 g/mol. The van der Waals surface area contributed by atoms with E-state index in [0.29, 0.717) is 11.7 Å². The molecule has 6 heteroatoms. The van der Waals surface area contributed by atoms with E-state index in [-0.39, 0.29) is 11.9 Å². The third-order valence-corrected chi connectivity index (χ3v) is 2.82. The van der Waals surface area contributed by atoms with Crippen molar-refractivity contribution in [1.82, 2.24) is 20.1 Å². The normalized spacial score (nSPS) is 12.6. The molecule has 2 aromatic rings. The van der Waals surface area contributed by atoms with Crippen LogP contribution in [0.4, 0.5) is 0 Å². The Labute approximate surface area is 111 Å². The maximum atomic E-state index is 12.0. The minimum atomic E-state index is -0.237. The molecule has 0 fully saturated rings. The topological polar surface area (TPSA) is 73.0 Å². The van der Waals surface area contributed by atoms with Gasteiger partial charge in [0.15, 0.2) is 5.76 Å². The minimum absolute atomic E-state index is 0.176. The largest absolute Gasteiger partial charge is 0.459 e. The second kappa shape index (κ2) is 5.69. The van der Waals surface area contributed by atoms with E-state index in [1.807, 2.05) is 7.05 Å². The van der Waals surface area contributed by atoms with Crippen molar-refractivity contribution in [3.63, 3.8) is 0 Å². The maximum Gasteiger partial charge on any atom is 0.287 e. The number of aromatic nitrogens is 3. The van der Waals surface area contributed by atoms with E-state index in [9.17, 15) is 4.79 Å². The van der Waals surface area contributed by atoms with Gasteiger partial charge in [-0.2, -0.15) is 5.10 Å². The van der Waals surface area contributed by atoms with E-state index >= 15 is 0 Å². The van der Waals surface area contributed by atoms with Gasteiger partial charge in [-0.3, -0.25) is 9.48 Å². The highest BCUT2D eigenvalue weighted by Gasteiger charge is 2.22. The summed E-state index contributed by atoms with van der Waals surface area (Å²) in [7, 11) is 1.81. The fourth-order valence-electron chi connectivity index (χ4n) is 1.96. The molecule has 0 aliphatic rings. The van der Waals surface area contributed by atoms with E-state index in [2.05, 4.69) is 29.2 Å². The van der Waals surface area contributed by atoms with Crippen LogP contribution in [0.2, 0.25) is 0 Å². The van der Waals surface area contributed by atoms with E-state index in [1.165, 1.54) is 12.6 Å².